The fourth-order valence-electron chi connectivity index (χ4n) is 6.41. The maximum absolute atomic E-state index is 13.7. The Labute approximate surface area is 351 Å². The highest BCUT2D eigenvalue weighted by Gasteiger charge is 2.44. The molecular formula is C39H54F3N9O9Si. The fraction of sp³-hybridized carbons (Fsp3) is 0.564. The zero-order chi connectivity index (χ0) is 45.3. The average molecular weight is 878 g/mol. The minimum absolute atomic E-state index is 0.0206. The standard InChI is InChI=1S/C39H54F3N9O9Si/c1-38(2,3)61(5,6)60-27-18-26(22-52)50(21-27)30(54)10-8-7-9-17-44-29(53)16-15-28(35(57)59-4)47-33(55)23-11-13-25(14-12-23)51(36(58)39(40,41)42)20-24-19-45-32-31(46-24)34(56)49-37(43)48-32/h11-14,19,26-28,52H,7-10,15-18,20-22H2,1-6H3,(H,44,53)(H,47,55)(H3,43,45,48,49,56)/t26-,27+,28-/m0/s1. The van der Waals surface area contributed by atoms with Gasteiger partial charge in [0.05, 0.1) is 44.3 Å². The van der Waals surface area contributed by atoms with Crippen molar-refractivity contribution in [1.82, 2.24) is 35.5 Å². The second-order valence-corrected chi connectivity index (χ2v) is 21.0. The molecule has 4 amide bonds. The number of carbonyl (C=O) groups excluding carboxylic acids is 5. The van der Waals surface area contributed by atoms with Crippen molar-refractivity contribution in [2.75, 3.05) is 37.4 Å². The van der Waals surface area contributed by atoms with E-state index in [0.717, 1.165) is 37.6 Å². The van der Waals surface area contributed by atoms with Crippen molar-refractivity contribution < 1.29 is 51.4 Å². The quantitative estimate of drug-likeness (QED) is 0.0701. The Balaban J connectivity index is 1.26. The van der Waals surface area contributed by atoms with Crippen LogP contribution in [0.25, 0.3) is 11.2 Å². The number of hydrogen-bond acceptors (Lipinski definition) is 13. The van der Waals surface area contributed by atoms with Crippen LogP contribution in [0, 0.1) is 0 Å². The first-order valence-electron chi connectivity index (χ1n) is 19.8. The molecule has 1 aromatic carbocycles. The van der Waals surface area contributed by atoms with Gasteiger partial charge in [-0.25, -0.2) is 14.8 Å². The number of likely N-dealkylation sites (tertiary alicyclic amines) is 1. The van der Waals surface area contributed by atoms with Crippen LogP contribution >= 0.6 is 0 Å². The number of hydrogen-bond donors (Lipinski definition) is 5. The van der Waals surface area contributed by atoms with E-state index in [2.05, 4.69) is 64.4 Å². The van der Waals surface area contributed by atoms with Crippen molar-refractivity contribution in [2.45, 2.75) is 115 Å². The number of nitrogens with two attached hydrogens (primary N) is 1. The molecule has 22 heteroatoms. The summed E-state index contributed by atoms with van der Waals surface area (Å²) in [6, 6.07) is 2.90. The van der Waals surface area contributed by atoms with E-state index in [-0.39, 0.29) is 76.6 Å². The lowest BCUT2D eigenvalue weighted by Crippen LogP contribution is -2.44. The van der Waals surface area contributed by atoms with E-state index in [1.807, 2.05) is 0 Å². The summed E-state index contributed by atoms with van der Waals surface area (Å²) in [7, 11) is -0.941. The first kappa shape index (κ1) is 48.2. The summed E-state index contributed by atoms with van der Waals surface area (Å²) >= 11 is 0. The Morgan fingerprint density at radius 1 is 1.07 bits per heavy atom. The number of nitrogens with one attached hydrogen (secondary N) is 3. The molecule has 0 bridgehead atoms. The van der Waals surface area contributed by atoms with Crippen LogP contribution in [0.5, 0.6) is 0 Å². The number of fused-ring (bicyclic) bond motifs is 1. The molecular weight excluding hydrogens is 824 g/mol. The first-order chi connectivity index (χ1) is 28.5. The van der Waals surface area contributed by atoms with Gasteiger partial charge in [-0.3, -0.25) is 33.9 Å². The van der Waals surface area contributed by atoms with E-state index in [1.54, 1.807) is 4.90 Å². The van der Waals surface area contributed by atoms with Crippen molar-refractivity contribution in [1.29, 1.82) is 0 Å². The van der Waals surface area contributed by atoms with Gasteiger partial charge in [0.15, 0.2) is 19.5 Å². The predicted molar refractivity (Wildman–Crippen MR) is 219 cm³/mol. The molecule has 3 heterocycles. The van der Waals surface area contributed by atoms with Gasteiger partial charge in [0.2, 0.25) is 17.8 Å². The minimum atomic E-state index is -5.31. The summed E-state index contributed by atoms with van der Waals surface area (Å²) < 4.78 is 52.3. The second kappa shape index (κ2) is 20.4. The number of methoxy groups -OCH3 is 1. The van der Waals surface area contributed by atoms with Crippen molar-refractivity contribution in [3.63, 3.8) is 0 Å². The van der Waals surface area contributed by atoms with E-state index >= 15 is 0 Å². The van der Waals surface area contributed by atoms with E-state index in [0.29, 0.717) is 50.1 Å². The number of amides is 4. The molecule has 1 fully saturated rings. The number of unbranched alkanes of at least 4 members (excludes halogenated alkanes) is 2. The van der Waals surface area contributed by atoms with Gasteiger partial charge in [-0.05, 0) is 68.1 Å². The summed E-state index contributed by atoms with van der Waals surface area (Å²) in [4.78, 5) is 92.0. The number of anilines is 2. The van der Waals surface area contributed by atoms with Crippen LogP contribution in [0.1, 0.15) is 81.8 Å². The normalized spacial score (nSPS) is 16.3. The number of carbonyl (C=O) groups is 5. The van der Waals surface area contributed by atoms with Crippen molar-refractivity contribution >= 4 is 60.7 Å². The number of aliphatic hydroxyl groups excluding tert-OH is 1. The van der Waals surface area contributed by atoms with Crippen LogP contribution in [0.15, 0.2) is 35.3 Å². The van der Waals surface area contributed by atoms with Gasteiger partial charge < -0.3 is 35.5 Å². The summed E-state index contributed by atoms with van der Waals surface area (Å²) in [6.07, 6.45) is -1.96. The highest BCUT2D eigenvalue weighted by atomic mass is 28.4. The number of benzene rings is 1. The largest absolute Gasteiger partial charge is 0.471 e. The van der Waals surface area contributed by atoms with Gasteiger partial charge >= 0.3 is 18.1 Å². The molecule has 1 aliphatic heterocycles. The summed E-state index contributed by atoms with van der Waals surface area (Å²) in [6.45, 7) is 10.6. The van der Waals surface area contributed by atoms with Crippen molar-refractivity contribution in [3.05, 3.63) is 52.1 Å². The zero-order valence-corrected chi connectivity index (χ0v) is 36.1. The summed E-state index contributed by atoms with van der Waals surface area (Å²) in [5, 5.41) is 15.2. The van der Waals surface area contributed by atoms with Crippen LogP contribution in [0.4, 0.5) is 24.8 Å². The molecule has 3 aromatic rings. The third-order valence-corrected chi connectivity index (χ3v) is 15.3. The third-order valence-electron chi connectivity index (χ3n) is 10.8. The summed E-state index contributed by atoms with van der Waals surface area (Å²) in [5.41, 5.74) is 3.69. The van der Waals surface area contributed by atoms with Crippen LogP contribution < -0.4 is 26.8 Å². The summed E-state index contributed by atoms with van der Waals surface area (Å²) in [5.74, 6) is -4.59. The van der Waals surface area contributed by atoms with Crippen LogP contribution in [-0.2, 0) is 34.9 Å². The van der Waals surface area contributed by atoms with Gasteiger partial charge in [0.1, 0.15) is 6.04 Å². The van der Waals surface area contributed by atoms with Crippen molar-refractivity contribution in [3.8, 4) is 0 Å². The van der Waals surface area contributed by atoms with Gasteiger partial charge in [-0.15, -0.1) is 0 Å². The van der Waals surface area contributed by atoms with Crippen LogP contribution in [0.3, 0.4) is 0 Å². The van der Waals surface area contributed by atoms with E-state index in [1.165, 1.54) is 0 Å². The highest BCUT2D eigenvalue weighted by molar-refractivity contribution is 6.74. The molecule has 18 nitrogen and oxygen atoms in total. The first-order valence-corrected chi connectivity index (χ1v) is 22.7. The predicted octanol–water partition coefficient (Wildman–Crippen LogP) is 3.10. The van der Waals surface area contributed by atoms with E-state index in [9.17, 15) is 47.0 Å². The van der Waals surface area contributed by atoms with Crippen LogP contribution in [0.2, 0.25) is 18.1 Å². The lowest BCUT2D eigenvalue weighted by atomic mass is 10.1. The Morgan fingerprint density at radius 3 is 2.38 bits per heavy atom. The van der Waals surface area contributed by atoms with Gasteiger partial charge in [-0.2, -0.15) is 18.2 Å². The smallest absolute Gasteiger partial charge is 0.467 e. The van der Waals surface area contributed by atoms with Gasteiger partial charge in [0, 0.05) is 37.2 Å². The number of alkyl halides is 3. The van der Waals surface area contributed by atoms with E-state index in [4.69, 9.17) is 14.9 Å². The number of halogens is 3. The monoisotopic (exact) mass is 877 g/mol. The number of aromatic amines is 1. The molecule has 0 aliphatic carbocycles. The van der Waals surface area contributed by atoms with E-state index < -0.39 is 56.3 Å². The Kier molecular flexibility index (Phi) is 16.1. The van der Waals surface area contributed by atoms with Crippen molar-refractivity contribution in [2.24, 2.45) is 0 Å². The number of nitrogens with zero attached hydrogens (tertiary/aromatic N) is 5. The molecule has 1 saturated heterocycles. The molecule has 2 aromatic heterocycles. The second-order valence-electron chi connectivity index (χ2n) is 16.3. The highest BCUT2D eigenvalue weighted by Crippen LogP contribution is 2.39. The zero-order valence-electron chi connectivity index (χ0n) is 35.1. The Morgan fingerprint density at radius 2 is 1.75 bits per heavy atom. The third kappa shape index (κ3) is 13.0. The lowest BCUT2D eigenvalue weighted by molar-refractivity contribution is -0.170. The molecule has 61 heavy (non-hydrogen) atoms. The fourth-order valence-corrected chi connectivity index (χ4v) is 7.77. The number of esters is 1. The SMILES string of the molecule is COC(=O)[C@H](CCC(=O)NCCCCCC(=O)N1C[C@H](O[Si](C)(C)C(C)(C)C)C[C@H]1CO)NC(=O)c1ccc(N(Cc2cnc3nc(N)[nH]c(=O)c3n2)C(=O)C(F)(F)F)cc1. The average Bonchev–Trinajstić information content (AvgIpc) is 3.60. The Hall–Kier alpha value is -5.48. The molecule has 0 spiro atoms. The number of ether oxygens (including phenoxy) is 1. The molecule has 0 radical (unpaired) electrons. The Bertz CT molecular complexity index is 2110. The minimum Gasteiger partial charge on any atom is -0.467 e. The number of rotatable bonds is 18. The topological polar surface area (TPSA) is 252 Å². The molecule has 0 unspecified atom stereocenters. The van der Waals surface area contributed by atoms with Crippen LogP contribution in [-0.4, -0.2) is 119 Å². The maximum Gasteiger partial charge on any atom is 0.471 e. The molecule has 1 aliphatic rings. The number of H-pyrrole nitrogens is 1. The lowest BCUT2D eigenvalue weighted by Gasteiger charge is -2.38. The van der Waals surface area contributed by atoms with Gasteiger partial charge in [0.25, 0.3) is 11.5 Å². The number of aromatic nitrogens is 4. The molecule has 0 saturated carbocycles. The number of aliphatic hydroxyl groups is 1. The molecule has 6 N–H and O–H groups in total. The maximum atomic E-state index is 13.7. The molecule has 3 atom stereocenters. The number of nitrogen functional groups attached to an aromatic ring is 1. The van der Waals surface area contributed by atoms with Gasteiger partial charge in [-0.1, -0.05) is 27.2 Å². The molecule has 4 rings (SSSR count). The molecule has 334 valence electrons.